The van der Waals surface area contributed by atoms with Crippen LogP contribution in [0.1, 0.15) is 11.3 Å². The molecule has 1 atom stereocenters. The van der Waals surface area contributed by atoms with E-state index in [-0.39, 0.29) is 11.3 Å². The average molecular weight is 479 g/mol. The Morgan fingerprint density at radius 1 is 1.25 bits per heavy atom. The van der Waals surface area contributed by atoms with Crippen LogP contribution < -0.4 is 4.84 Å². The predicted molar refractivity (Wildman–Crippen MR) is 114 cm³/mol. The average Bonchev–Trinajstić information content (AvgIpc) is 3.24. The number of thiophene rings is 1. The summed E-state index contributed by atoms with van der Waals surface area (Å²) in [6, 6.07) is 9.15. The van der Waals surface area contributed by atoms with Gasteiger partial charge in [-0.1, -0.05) is 40.9 Å². The number of hydrogen-bond acceptors (Lipinski definition) is 6. The summed E-state index contributed by atoms with van der Waals surface area (Å²) in [4.78, 5) is 21.1. The van der Waals surface area contributed by atoms with Gasteiger partial charge in [0, 0.05) is 34.0 Å². The molecule has 1 aromatic carbocycles. The van der Waals surface area contributed by atoms with Gasteiger partial charge in [0.05, 0.1) is 14.4 Å². The fraction of sp³-hybridized carbons (Fsp3) is 0.235. The van der Waals surface area contributed by atoms with Crippen LogP contribution in [0.5, 0.6) is 6.01 Å². The molecule has 1 unspecified atom stereocenters. The highest BCUT2D eigenvalue weighted by Crippen LogP contribution is 2.38. The topological polar surface area (TPSA) is 70.2 Å². The van der Waals surface area contributed by atoms with Gasteiger partial charge in [0.2, 0.25) is 0 Å². The Labute approximate surface area is 184 Å². The second-order valence-electron chi connectivity index (χ2n) is 5.71. The van der Waals surface area contributed by atoms with Crippen LogP contribution in [-0.4, -0.2) is 19.9 Å². The van der Waals surface area contributed by atoms with E-state index in [4.69, 9.17) is 34.8 Å². The first-order valence-electron chi connectivity index (χ1n) is 8.10. The first-order chi connectivity index (χ1) is 13.4. The zero-order chi connectivity index (χ0) is 20.1. The highest BCUT2D eigenvalue weighted by atomic mass is 35.5. The summed E-state index contributed by atoms with van der Waals surface area (Å²) >= 11 is 21.7. The number of halogens is 3. The quantitative estimate of drug-likeness (QED) is 0.206. The summed E-state index contributed by atoms with van der Waals surface area (Å²) in [6.45, 7) is 0.439. The van der Waals surface area contributed by atoms with Crippen molar-refractivity contribution in [3.05, 3.63) is 72.1 Å². The number of thioether (sulfide) groups is 1. The summed E-state index contributed by atoms with van der Waals surface area (Å²) in [5.41, 5.74) is 0. The van der Waals surface area contributed by atoms with E-state index in [1.165, 1.54) is 29.3 Å². The third-order valence-electron chi connectivity index (χ3n) is 3.78. The smallest absolute Gasteiger partial charge is 0.302 e. The molecule has 0 saturated heterocycles. The minimum absolute atomic E-state index is 0.0154. The first-order valence-corrected chi connectivity index (χ1v) is 10.9. The van der Waals surface area contributed by atoms with Crippen LogP contribution in [0.15, 0.2) is 47.6 Å². The highest BCUT2D eigenvalue weighted by molar-refractivity contribution is 8.00. The third kappa shape index (κ3) is 5.78. The van der Waals surface area contributed by atoms with E-state index in [1.54, 1.807) is 29.0 Å². The molecule has 0 amide bonds. The van der Waals surface area contributed by atoms with Crippen LogP contribution in [0, 0.1) is 10.1 Å². The van der Waals surface area contributed by atoms with Crippen molar-refractivity contribution in [1.29, 1.82) is 0 Å². The molecular formula is C17H14Cl3N3O3S2. The second-order valence-corrected chi connectivity index (χ2v) is 9.64. The number of nitrogens with zero attached hydrogens (tertiary/aromatic N) is 3. The Kier molecular flexibility index (Phi) is 7.48. The Hall–Kier alpha value is -1.45. The molecule has 3 rings (SSSR count). The van der Waals surface area contributed by atoms with Crippen molar-refractivity contribution >= 4 is 57.9 Å². The van der Waals surface area contributed by atoms with Gasteiger partial charge < -0.3 is 4.57 Å². The molecule has 2 heterocycles. The monoisotopic (exact) mass is 477 g/mol. The van der Waals surface area contributed by atoms with Gasteiger partial charge in [-0.25, -0.2) is 9.82 Å². The molecule has 3 aromatic rings. The van der Waals surface area contributed by atoms with Gasteiger partial charge >= 0.3 is 5.09 Å². The molecule has 0 bridgehead atoms. The molecule has 0 aliphatic heterocycles. The SMILES string of the molecule is O=[N+]([O-])Oc1nccn1CC(CCc1ccc(Cl)s1)Sc1c(Cl)cccc1Cl. The lowest BCUT2D eigenvalue weighted by atomic mass is 10.2. The third-order valence-corrected chi connectivity index (χ3v) is 7.32. The van der Waals surface area contributed by atoms with Gasteiger partial charge in [0.15, 0.2) is 0 Å². The minimum atomic E-state index is -0.875. The van der Waals surface area contributed by atoms with Crippen LogP contribution in [-0.2, 0) is 13.0 Å². The molecule has 148 valence electrons. The van der Waals surface area contributed by atoms with E-state index in [9.17, 15) is 10.1 Å². The van der Waals surface area contributed by atoms with Crippen LogP contribution in [0.3, 0.4) is 0 Å². The van der Waals surface area contributed by atoms with E-state index >= 15 is 0 Å². The van der Waals surface area contributed by atoms with Crippen molar-refractivity contribution in [1.82, 2.24) is 9.55 Å². The van der Waals surface area contributed by atoms with Gasteiger partial charge in [0.1, 0.15) is 0 Å². The van der Waals surface area contributed by atoms with Crippen molar-refractivity contribution in [2.45, 2.75) is 29.5 Å². The van der Waals surface area contributed by atoms with Gasteiger partial charge in [-0.05, 0) is 37.1 Å². The van der Waals surface area contributed by atoms with Crippen molar-refractivity contribution < 1.29 is 9.92 Å². The van der Waals surface area contributed by atoms with Crippen LogP contribution >= 0.6 is 57.9 Å². The molecule has 28 heavy (non-hydrogen) atoms. The zero-order valence-electron chi connectivity index (χ0n) is 14.3. The summed E-state index contributed by atoms with van der Waals surface area (Å²) in [6.07, 6.45) is 4.68. The Morgan fingerprint density at radius 2 is 2.00 bits per heavy atom. The molecule has 0 spiro atoms. The van der Waals surface area contributed by atoms with Crippen molar-refractivity contribution in [3.63, 3.8) is 0 Å². The number of benzene rings is 1. The van der Waals surface area contributed by atoms with E-state index in [1.807, 2.05) is 12.1 Å². The zero-order valence-corrected chi connectivity index (χ0v) is 18.2. The van der Waals surface area contributed by atoms with Crippen molar-refractivity contribution in [3.8, 4) is 6.01 Å². The Bertz CT molecular complexity index is 944. The largest absolute Gasteiger partial charge is 0.311 e. The van der Waals surface area contributed by atoms with Crippen molar-refractivity contribution in [2.75, 3.05) is 0 Å². The lowest BCUT2D eigenvalue weighted by Gasteiger charge is -2.19. The van der Waals surface area contributed by atoms with Crippen LogP contribution in [0.2, 0.25) is 14.4 Å². The number of imidazole rings is 1. The number of hydrogen-bond donors (Lipinski definition) is 0. The molecule has 0 saturated carbocycles. The number of aryl methyl sites for hydroxylation is 1. The first kappa shape index (κ1) is 21.3. The maximum Gasteiger partial charge on any atom is 0.302 e. The van der Waals surface area contributed by atoms with E-state index in [2.05, 4.69) is 9.82 Å². The summed E-state index contributed by atoms with van der Waals surface area (Å²) in [7, 11) is 0. The molecule has 0 fully saturated rings. The number of aromatic nitrogens is 2. The molecule has 0 aliphatic rings. The molecule has 0 N–H and O–H groups in total. The molecule has 11 heteroatoms. The fourth-order valence-corrected chi connectivity index (χ4v) is 5.49. The molecule has 0 aliphatic carbocycles. The molecular weight excluding hydrogens is 465 g/mol. The summed E-state index contributed by atoms with van der Waals surface area (Å²) in [5.74, 6) is 0. The molecule has 6 nitrogen and oxygen atoms in total. The van der Waals surface area contributed by atoms with Gasteiger partial charge in [0.25, 0.3) is 6.01 Å². The van der Waals surface area contributed by atoms with Crippen molar-refractivity contribution in [2.24, 2.45) is 0 Å². The normalized spacial score (nSPS) is 12.1. The lowest BCUT2D eigenvalue weighted by Crippen LogP contribution is -2.16. The Morgan fingerprint density at radius 3 is 2.64 bits per heavy atom. The second kappa shape index (κ2) is 9.84. The van der Waals surface area contributed by atoms with Crippen LogP contribution in [0.4, 0.5) is 0 Å². The Balaban J connectivity index is 1.79. The van der Waals surface area contributed by atoms with E-state index < -0.39 is 5.09 Å². The van der Waals surface area contributed by atoms with Crippen LogP contribution in [0.25, 0.3) is 0 Å². The van der Waals surface area contributed by atoms with E-state index in [0.29, 0.717) is 16.6 Å². The molecule has 2 aromatic heterocycles. The minimum Gasteiger partial charge on any atom is -0.311 e. The maximum absolute atomic E-state index is 10.7. The fourth-order valence-electron chi connectivity index (χ4n) is 2.56. The lowest BCUT2D eigenvalue weighted by molar-refractivity contribution is -0.713. The van der Waals surface area contributed by atoms with E-state index in [0.717, 1.165) is 27.0 Å². The van der Waals surface area contributed by atoms with Gasteiger partial charge in [-0.15, -0.1) is 33.2 Å². The van der Waals surface area contributed by atoms with Gasteiger partial charge in [-0.2, -0.15) is 0 Å². The standard InChI is InChI=1S/C17H14Cl3N3O3S2/c18-13-2-1-3-14(19)16(13)28-12(5-4-11-6-7-15(20)27-11)10-22-9-8-21-17(22)26-23(24)25/h1-3,6-9,12H,4-5,10H2. The highest BCUT2D eigenvalue weighted by Gasteiger charge is 2.19. The predicted octanol–water partition coefficient (Wildman–Crippen LogP) is 6.27. The molecule has 0 radical (unpaired) electrons. The summed E-state index contributed by atoms with van der Waals surface area (Å²) < 4.78 is 2.34. The summed E-state index contributed by atoms with van der Waals surface area (Å²) in [5, 5.41) is 10.9. The maximum atomic E-state index is 10.7. The van der Waals surface area contributed by atoms with Gasteiger partial charge in [-0.3, -0.25) is 0 Å². The number of rotatable bonds is 9.